The molecule has 2 heteroatoms. The third-order valence-electron chi connectivity index (χ3n) is 5.07. The summed E-state index contributed by atoms with van der Waals surface area (Å²) in [5.74, 6) is 0. The molecule has 2 nitrogen and oxygen atoms in total. The lowest BCUT2D eigenvalue weighted by Crippen LogP contribution is -1.92. The Labute approximate surface area is 154 Å². The molecule has 0 heterocycles. The van der Waals surface area contributed by atoms with Crippen LogP contribution in [0.1, 0.15) is 11.1 Å². The first-order chi connectivity index (χ1) is 12.5. The van der Waals surface area contributed by atoms with Crippen LogP contribution in [0.15, 0.2) is 72.8 Å². The molecule has 0 saturated carbocycles. The monoisotopic (exact) mass is 338 g/mol. The lowest BCUT2D eigenvalue weighted by atomic mass is 9.90. The van der Waals surface area contributed by atoms with E-state index >= 15 is 0 Å². The molecule has 0 atom stereocenters. The lowest BCUT2D eigenvalue weighted by Gasteiger charge is -2.14. The quantitative estimate of drug-likeness (QED) is 0.443. The van der Waals surface area contributed by atoms with Gasteiger partial charge in [0.2, 0.25) is 0 Å². The van der Waals surface area contributed by atoms with Crippen LogP contribution in [0, 0.1) is 13.8 Å². The van der Waals surface area contributed by atoms with Crippen molar-refractivity contribution in [2.75, 3.05) is 11.5 Å². The van der Waals surface area contributed by atoms with Crippen molar-refractivity contribution in [3.8, 4) is 22.3 Å². The van der Waals surface area contributed by atoms with Gasteiger partial charge in [-0.05, 0) is 82.3 Å². The molecular formula is C24H22N2. The van der Waals surface area contributed by atoms with Crippen LogP contribution in [0.3, 0.4) is 0 Å². The second-order valence-corrected chi connectivity index (χ2v) is 6.85. The molecule has 0 aliphatic carbocycles. The molecule has 0 aliphatic heterocycles. The summed E-state index contributed by atoms with van der Waals surface area (Å²) >= 11 is 0. The normalized spacial score (nSPS) is 11.0. The molecule has 4 N–H and O–H groups in total. The van der Waals surface area contributed by atoms with Crippen LogP contribution in [0.25, 0.3) is 33.0 Å². The Hall–Kier alpha value is -3.26. The maximum Gasteiger partial charge on any atom is 0.0344 e. The number of nitrogen functional groups attached to an aromatic ring is 2. The highest BCUT2D eigenvalue weighted by atomic mass is 14.6. The van der Waals surface area contributed by atoms with Crippen LogP contribution in [0.4, 0.5) is 11.4 Å². The molecule has 0 spiro atoms. The SMILES string of the molecule is Cc1cc(-c2cccc3cccc(-c4ccc(N)c(C)c4)c23)ccc1N. The summed E-state index contributed by atoms with van der Waals surface area (Å²) in [4.78, 5) is 0. The molecular weight excluding hydrogens is 316 g/mol. The molecule has 0 radical (unpaired) electrons. The van der Waals surface area contributed by atoms with Crippen LogP contribution in [-0.4, -0.2) is 0 Å². The van der Waals surface area contributed by atoms with Crippen LogP contribution >= 0.6 is 0 Å². The number of aryl methyl sites for hydroxylation is 2. The number of hydrogen-bond donors (Lipinski definition) is 2. The van der Waals surface area contributed by atoms with Crippen molar-refractivity contribution >= 4 is 22.1 Å². The zero-order valence-corrected chi connectivity index (χ0v) is 15.1. The van der Waals surface area contributed by atoms with Crippen molar-refractivity contribution in [2.24, 2.45) is 0 Å². The van der Waals surface area contributed by atoms with Crippen molar-refractivity contribution < 1.29 is 0 Å². The third-order valence-corrected chi connectivity index (χ3v) is 5.07. The minimum atomic E-state index is 0.823. The average molecular weight is 338 g/mol. The first kappa shape index (κ1) is 16.2. The van der Waals surface area contributed by atoms with Gasteiger partial charge in [-0.2, -0.15) is 0 Å². The first-order valence-electron chi connectivity index (χ1n) is 8.79. The molecule has 0 fully saturated rings. The van der Waals surface area contributed by atoms with Crippen LogP contribution in [0.2, 0.25) is 0 Å². The zero-order valence-electron chi connectivity index (χ0n) is 15.1. The topological polar surface area (TPSA) is 52.0 Å². The summed E-state index contributed by atoms with van der Waals surface area (Å²) in [5, 5.41) is 2.48. The minimum Gasteiger partial charge on any atom is -0.399 e. The standard InChI is InChI=1S/C24H22N2/c1-15-13-18(9-11-22(15)25)20-7-3-5-17-6-4-8-21(24(17)20)19-10-12-23(26)16(2)14-19/h3-14H,25-26H2,1-2H3. The molecule has 4 aromatic rings. The van der Waals surface area contributed by atoms with Gasteiger partial charge in [-0.3, -0.25) is 0 Å². The number of benzene rings is 4. The maximum atomic E-state index is 6.02. The van der Waals surface area contributed by atoms with E-state index < -0.39 is 0 Å². The summed E-state index contributed by atoms with van der Waals surface area (Å²) in [6, 6.07) is 25.4. The van der Waals surface area contributed by atoms with Crippen molar-refractivity contribution in [3.63, 3.8) is 0 Å². The molecule has 0 bridgehead atoms. The summed E-state index contributed by atoms with van der Waals surface area (Å²) in [6.45, 7) is 4.10. The van der Waals surface area contributed by atoms with Gasteiger partial charge in [0.25, 0.3) is 0 Å². The van der Waals surface area contributed by atoms with Crippen LogP contribution in [-0.2, 0) is 0 Å². The molecule has 0 aromatic heterocycles. The van der Waals surface area contributed by atoms with Gasteiger partial charge >= 0.3 is 0 Å². The van der Waals surface area contributed by atoms with E-state index in [1.165, 1.54) is 33.0 Å². The summed E-state index contributed by atoms with van der Waals surface area (Å²) in [5.41, 5.74) is 20.7. The maximum absolute atomic E-state index is 6.02. The minimum absolute atomic E-state index is 0.823. The summed E-state index contributed by atoms with van der Waals surface area (Å²) in [7, 11) is 0. The van der Waals surface area contributed by atoms with E-state index in [0.29, 0.717) is 0 Å². The highest BCUT2D eigenvalue weighted by Crippen LogP contribution is 2.37. The number of fused-ring (bicyclic) bond motifs is 1. The second-order valence-electron chi connectivity index (χ2n) is 6.85. The van der Waals surface area contributed by atoms with E-state index in [4.69, 9.17) is 11.5 Å². The van der Waals surface area contributed by atoms with Gasteiger partial charge in [-0.25, -0.2) is 0 Å². The molecule has 0 aliphatic rings. The Morgan fingerprint density at radius 2 is 1.04 bits per heavy atom. The fourth-order valence-electron chi connectivity index (χ4n) is 3.51. The van der Waals surface area contributed by atoms with Crippen LogP contribution < -0.4 is 11.5 Å². The van der Waals surface area contributed by atoms with E-state index in [1.54, 1.807) is 0 Å². The fraction of sp³-hybridized carbons (Fsp3) is 0.0833. The molecule has 0 saturated heterocycles. The predicted molar refractivity (Wildman–Crippen MR) is 113 cm³/mol. The molecule has 4 rings (SSSR count). The van der Waals surface area contributed by atoms with Gasteiger partial charge in [-0.1, -0.05) is 48.5 Å². The highest BCUT2D eigenvalue weighted by molar-refractivity contribution is 6.06. The van der Waals surface area contributed by atoms with Gasteiger partial charge in [0.1, 0.15) is 0 Å². The summed E-state index contributed by atoms with van der Waals surface area (Å²) < 4.78 is 0. The second kappa shape index (κ2) is 6.23. The van der Waals surface area contributed by atoms with E-state index in [1.807, 2.05) is 26.0 Å². The molecule has 26 heavy (non-hydrogen) atoms. The number of anilines is 2. The Bertz CT molecular complexity index is 1040. The predicted octanol–water partition coefficient (Wildman–Crippen LogP) is 5.96. The Balaban J connectivity index is 2.03. The molecule has 4 aromatic carbocycles. The largest absolute Gasteiger partial charge is 0.399 e. The lowest BCUT2D eigenvalue weighted by molar-refractivity contribution is 1.46. The molecule has 0 amide bonds. The Morgan fingerprint density at radius 3 is 1.46 bits per heavy atom. The van der Waals surface area contributed by atoms with E-state index in [2.05, 4.69) is 60.7 Å². The zero-order chi connectivity index (χ0) is 18.3. The van der Waals surface area contributed by atoms with Crippen molar-refractivity contribution in [1.29, 1.82) is 0 Å². The van der Waals surface area contributed by atoms with Gasteiger partial charge in [0.15, 0.2) is 0 Å². The van der Waals surface area contributed by atoms with Gasteiger partial charge in [-0.15, -0.1) is 0 Å². The smallest absolute Gasteiger partial charge is 0.0344 e. The van der Waals surface area contributed by atoms with Crippen molar-refractivity contribution in [1.82, 2.24) is 0 Å². The number of hydrogen-bond acceptors (Lipinski definition) is 2. The van der Waals surface area contributed by atoms with Crippen molar-refractivity contribution in [3.05, 3.63) is 83.9 Å². The first-order valence-corrected chi connectivity index (χ1v) is 8.79. The van der Waals surface area contributed by atoms with Gasteiger partial charge in [0.05, 0.1) is 0 Å². The Kier molecular flexibility index (Phi) is 3.89. The molecule has 0 unspecified atom stereocenters. The average Bonchev–Trinajstić information content (AvgIpc) is 2.65. The van der Waals surface area contributed by atoms with E-state index in [-0.39, 0.29) is 0 Å². The number of rotatable bonds is 2. The highest BCUT2D eigenvalue weighted by Gasteiger charge is 2.11. The van der Waals surface area contributed by atoms with Gasteiger partial charge < -0.3 is 11.5 Å². The van der Waals surface area contributed by atoms with E-state index in [9.17, 15) is 0 Å². The Morgan fingerprint density at radius 1 is 0.577 bits per heavy atom. The molecule has 128 valence electrons. The van der Waals surface area contributed by atoms with E-state index in [0.717, 1.165) is 22.5 Å². The van der Waals surface area contributed by atoms with Gasteiger partial charge in [0, 0.05) is 11.4 Å². The van der Waals surface area contributed by atoms with Crippen LogP contribution in [0.5, 0.6) is 0 Å². The third kappa shape index (κ3) is 2.70. The van der Waals surface area contributed by atoms with Crippen molar-refractivity contribution in [2.45, 2.75) is 13.8 Å². The number of nitrogens with two attached hydrogens (primary N) is 2. The summed E-state index contributed by atoms with van der Waals surface area (Å²) in [6.07, 6.45) is 0. The fourth-order valence-corrected chi connectivity index (χ4v) is 3.51.